The first-order valence-corrected chi connectivity index (χ1v) is 11.7. The minimum atomic E-state index is -0.176. The van der Waals surface area contributed by atoms with E-state index in [4.69, 9.17) is 17.0 Å². The molecule has 3 atom stereocenters. The van der Waals surface area contributed by atoms with Gasteiger partial charge in [0.05, 0.1) is 23.9 Å². The molecule has 4 heterocycles. The van der Waals surface area contributed by atoms with Gasteiger partial charge in [-0.25, -0.2) is 0 Å². The lowest BCUT2D eigenvalue weighted by molar-refractivity contribution is -0.116. The maximum absolute atomic E-state index is 13.0. The highest BCUT2D eigenvalue weighted by atomic mass is 32.1. The van der Waals surface area contributed by atoms with Gasteiger partial charge in [-0.2, -0.15) is 0 Å². The van der Waals surface area contributed by atoms with E-state index in [2.05, 4.69) is 32.4 Å². The SMILES string of the molecule is O=C(CN1C(=S)N[C@@H](c2ccccn2)[C@@H]1c1cccn1C[C@@H]1CCCO1)Nc1ccccc1. The van der Waals surface area contributed by atoms with Crippen molar-refractivity contribution in [2.45, 2.75) is 37.6 Å². The Balaban J connectivity index is 1.44. The van der Waals surface area contributed by atoms with E-state index in [0.717, 1.165) is 43.1 Å². The van der Waals surface area contributed by atoms with Gasteiger partial charge < -0.3 is 24.8 Å². The van der Waals surface area contributed by atoms with Crippen molar-refractivity contribution >= 4 is 28.9 Å². The summed E-state index contributed by atoms with van der Waals surface area (Å²) in [4.78, 5) is 19.5. The van der Waals surface area contributed by atoms with Crippen LogP contribution in [0.15, 0.2) is 73.1 Å². The van der Waals surface area contributed by atoms with Crippen molar-refractivity contribution in [3.05, 3.63) is 84.4 Å². The Morgan fingerprint density at radius 1 is 1.15 bits per heavy atom. The summed E-state index contributed by atoms with van der Waals surface area (Å²) in [5, 5.41) is 6.94. The summed E-state index contributed by atoms with van der Waals surface area (Å²) in [6, 6.07) is 19.1. The van der Waals surface area contributed by atoms with Crippen molar-refractivity contribution in [2.24, 2.45) is 0 Å². The first kappa shape index (κ1) is 21.6. The summed E-state index contributed by atoms with van der Waals surface area (Å²) in [7, 11) is 0. The van der Waals surface area contributed by atoms with E-state index in [0.29, 0.717) is 5.11 Å². The zero-order valence-electron chi connectivity index (χ0n) is 18.3. The summed E-state index contributed by atoms with van der Waals surface area (Å²) >= 11 is 5.71. The normalized spacial score (nSPS) is 22.4. The Morgan fingerprint density at radius 3 is 2.76 bits per heavy atom. The van der Waals surface area contributed by atoms with Crippen LogP contribution in [0.4, 0.5) is 5.69 Å². The molecule has 1 amide bonds. The Hall–Kier alpha value is -3.23. The monoisotopic (exact) mass is 461 g/mol. The topological polar surface area (TPSA) is 71.4 Å². The van der Waals surface area contributed by atoms with Crippen LogP contribution in [0, 0.1) is 0 Å². The van der Waals surface area contributed by atoms with Crippen LogP contribution >= 0.6 is 12.2 Å². The van der Waals surface area contributed by atoms with Gasteiger partial charge in [0.15, 0.2) is 5.11 Å². The van der Waals surface area contributed by atoms with E-state index < -0.39 is 0 Å². The predicted octanol–water partition coefficient (Wildman–Crippen LogP) is 3.67. The third-order valence-electron chi connectivity index (χ3n) is 6.16. The number of anilines is 1. The highest BCUT2D eigenvalue weighted by Gasteiger charge is 2.42. The van der Waals surface area contributed by atoms with Gasteiger partial charge in [-0.05, 0) is 61.5 Å². The van der Waals surface area contributed by atoms with Crippen LogP contribution in [0.3, 0.4) is 0 Å². The maximum atomic E-state index is 13.0. The number of carbonyl (C=O) groups excluding carboxylic acids is 1. The number of thiocarbonyl (C=S) groups is 1. The lowest BCUT2D eigenvalue weighted by atomic mass is 10.0. The van der Waals surface area contributed by atoms with Crippen molar-refractivity contribution in [1.29, 1.82) is 0 Å². The predicted molar refractivity (Wildman–Crippen MR) is 131 cm³/mol. The van der Waals surface area contributed by atoms with E-state index in [1.807, 2.05) is 59.5 Å². The zero-order chi connectivity index (χ0) is 22.6. The average Bonchev–Trinajstić information content (AvgIpc) is 3.57. The molecule has 2 fully saturated rings. The van der Waals surface area contributed by atoms with Crippen LogP contribution < -0.4 is 10.6 Å². The molecule has 2 saturated heterocycles. The first-order valence-electron chi connectivity index (χ1n) is 11.3. The molecule has 1 aromatic carbocycles. The summed E-state index contributed by atoms with van der Waals surface area (Å²) in [5.74, 6) is -0.116. The molecule has 0 unspecified atom stereocenters. The molecule has 0 spiro atoms. The van der Waals surface area contributed by atoms with E-state index in [-0.39, 0.29) is 30.6 Å². The Kier molecular flexibility index (Phi) is 6.37. The van der Waals surface area contributed by atoms with Gasteiger partial charge in [0.2, 0.25) is 5.91 Å². The quantitative estimate of drug-likeness (QED) is 0.523. The number of aromatic nitrogens is 2. The number of nitrogens with one attached hydrogen (secondary N) is 2. The van der Waals surface area contributed by atoms with Crippen molar-refractivity contribution < 1.29 is 9.53 Å². The minimum Gasteiger partial charge on any atom is -0.376 e. The van der Waals surface area contributed by atoms with Crippen LogP contribution in [0.25, 0.3) is 0 Å². The molecule has 2 aliphatic heterocycles. The fraction of sp³-hybridized carbons (Fsp3) is 0.320. The number of rotatable bonds is 7. The van der Waals surface area contributed by atoms with Gasteiger partial charge in [0.25, 0.3) is 0 Å². The summed E-state index contributed by atoms with van der Waals surface area (Å²) < 4.78 is 8.11. The molecule has 0 saturated carbocycles. The molecule has 7 nitrogen and oxygen atoms in total. The number of nitrogens with zero attached hydrogens (tertiary/aromatic N) is 3. The van der Waals surface area contributed by atoms with Crippen LogP contribution in [0.2, 0.25) is 0 Å². The summed E-state index contributed by atoms with van der Waals surface area (Å²) in [6.45, 7) is 1.74. The Morgan fingerprint density at radius 2 is 2.00 bits per heavy atom. The lowest BCUT2D eigenvalue weighted by Crippen LogP contribution is -2.37. The number of hydrogen-bond donors (Lipinski definition) is 2. The molecule has 0 aliphatic carbocycles. The van der Waals surface area contributed by atoms with Gasteiger partial charge in [0.1, 0.15) is 6.54 Å². The van der Waals surface area contributed by atoms with Gasteiger partial charge in [-0.15, -0.1) is 0 Å². The van der Waals surface area contributed by atoms with Gasteiger partial charge >= 0.3 is 0 Å². The molecule has 2 N–H and O–H groups in total. The van der Waals surface area contributed by atoms with E-state index in [9.17, 15) is 4.79 Å². The van der Waals surface area contributed by atoms with Gasteiger partial charge in [-0.1, -0.05) is 24.3 Å². The van der Waals surface area contributed by atoms with E-state index >= 15 is 0 Å². The molecule has 3 aromatic rings. The Bertz CT molecular complexity index is 1100. The maximum Gasteiger partial charge on any atom is 0.244 e. The average molecular weight is 462 g/mol. The second-order valence-electron chi connectivity index (χ2n) is 8.39. The summed E-state index contributed by atoms with van der Waals surface area (Å²) in [5.41, 5.74) is 2.74. The molecule has 0 radical (unpaired) electrons. The zero-order valence-corrected chi connectivity index (χ0v) is 19.1. The Labute approximate surface area is 198 Å². The molecular weight excluding hydrogens is 434 g/mol. The third-order valence-corrected chi connectivity index (χ3v) is 6.51. The number of para-hydroxylation sites is 1. The molecule has 2 aliphatic rings. The second-order valence-corrected chi connectivity index (χ2v) is 8.78. The number of carbonyl (C=O) groups is 1. The highest BCUT2D eigenvalue weighted by molar-refractivity contribution is 7.80. The van der Waals surface area contributed by atoms with Crippen LogP contribution in [-0.2, 0) is 16.1 Å². The molecule has 2 aromatic heterocycles. The largest absolute Gasteiger partial charge is 0.376 e. The molecule has 170 valence electrons. The molecule has 0 bridgehead atoms. The first-order chi connectivity index (χ1) is 16.2. The number of amides is 1. The van der Waals surface area contributed by atoms with Crippen LogP contribution in [-0.4, -0.2) is 44.7 Å². The third kappa shape index (κ3) is 4.77. The van der Waals surface area contributed by atoms with Crippen molar-refractivity contribution in [2.75, 3.05) is 18.5 Å². The minimum absolute atomic E-state index is 0.116. The molecule has 33 heavy (non-hydrogen) atoms. The summed E-state index contributed by atoms with van der Waals surface area (Å²) in [6.07, 6.45) is 6.23. The second kappa shape index (κ2) is 9.72. The standard InChI is InChI=1S/C25H27N5O2S/c31-22(27-18-8-2-1-3-9-18)17-30-24(23(28-25(30)33)20-11-4-5-13-26-20)21-12-6-14-29(21)16-19-10-7-15-32-19/h1-6,8-9,11-14,19,23-24H,7,10,15-17H2,(H,27,31)(H,28,33)/t19-,23-,24-/m0/s1. The smallest absolute Gasteiger partial charge is 0.244 e. The van der Waals surface area contributed by atoms with E-state index in [1.165, 1.54) is 0 Å². The lowest BCUT2D eigenvalue weighted by Gasteiger charge is -2.29. The van der Waals surface area contributed by atoms with Crippen molar-refractivity contribution in [3.63, 3.8) is 0 Å². The molecule has 5 rings (SSSR count). The van der Waals surface area contributed by atoms with Crippen molar-refractivity contribution in [1.82, 2.24) is 19.8 Å². The molecule has 8 heteroatoms. The van der Waals surface area contributed by atoms with Gasteiger partial charge in [0, 0.05) is 36.9 Å². The molecular formula is C25H27N5O2S. The fourth-order valence-corrected chi connectivity index (χ4v) is 4.95. The highest BCUT2D eigenvalue weighted by Crippen LogP contribution is 2.39. The van der Waals surface area contributed by atoms with Crippen LogP contribution in [0.5, 0.6) is 0 Å². The van der Waals surface area contributed by atoms with E-state index in [1.54, 1.807) is 6.20 Å². The number of ether oxygens (including phenoxy) is 1. The number of hydrogen-bond acceptors (Lipinski definition) is 4. The number of benzene rings is 1. The number of pyridine rings is 1. The van der Waals surface area contributed by atoms with Crippen molar-refractivity contribution in [3.8, 4) is 0 Å². The van der Waals surface area contributed by atoms with Gasteiger partial charge in [-0.3, -0.25) is 9.78 Å². The fourth-order valence-electron chi connectivity index (χ4n) is 4.64. The van der Waals surface area contributed by atoms with Crippen LogP contribution in [0.1, 0.15) is 36.3 Å².